The number of hydrogen-bond donors (Lipinski definition) is 0. The quantitative estimate of drug-likeness (QED) is 0.581. The van der Waals surface area contributed by atoms with Crippen LogP contribution in [0.1, 0.15) is 15.9 Å². The molecule has 84 valence electrons. The average Bonchev–Trinajstić information content (AvgIpc) is 2.38. The molecule has 1 nitrogen and oxygen atoms in total. The molecule has 0 fully saturated rings. The predicted molar refractivity (Wildman–Crippen MR) is 71.3 cm³/mol. The fourth-order valence-electron chi connectivity index (χ4n) is 1.47. The maximum atomic E-state index is 11.8. The van der Waals surface area contributed by atoms with Gasteiger partial charge in [-0.1, -0.05) is 60.1 Å². The first-order chi connectivity index (χ1) is 8.27. The summed E-state index contributed by atoms with van der Waals surface area (Å²) in [4.78, 5) is 11.8. The zero-order valence-corrected chi connectivity index (χ0v) is 9.89. The summed E-state index contributed by atoms with van der Waals surface area (Å²) in [7, 11) is 0. The third-order valence-corrected chi connectivity index (χ3v) is 2.72. The first-order valence-electron chi connectivity index (χ1n) is 5.29. The molecule has 0 amide bonds. The molecule has 0 aliphatic rings. The number of rotatable bonds is 3. The van der Waals surface area contributed by atoms with E-state index in [0.717, 1.165) is 5.56 Å². The van der Waals surface area contributed by atoms with Gasteiger partial charge >= 0.3 is 0 Å². The van der Waals surface area contributed by atoms with E-state index >= 15 is 0 Å². The van der Waals surface area contributed by atoms with Gasteiger partial charge in [0.1, 0.15) is 0 Å². The molecule has 0 saturated heterocycles. The van der Waals surface area contributed by atoms with Gasteiger partial charge < -0.3 is 0 Å². The van der Waals surface area contributed by atoms with E-state index in [1.807, 2.05) is 36.4 Å². The average molecular weight is 243 g/mol. The monoisotopic (exact) mass is 242 g/mol. The van der Waals surface area contributed by atoms with Crippen molar-refractivity contribution in [1.29, 1.82) is 0 Å². The summed E-state index contributed by atoms with van der Waals surface area (Å²) in [5, 5.41) is 0.643. The number of benzene rings is 2. The second-order valence-corrected chi connectivity index (χ2v) is 3.99. The number of ketones is 1. The minimum atomic E-state index is -0.0227. The zero-order chi connectivity index (χ0) is 12.1. The first-order valence-corrected chi connectivity index (χ1v) is 5.67. The van der Waals surface area contributed by atoms with Crippen LogP contribution in [0.15, 0.2) is 60.7 Å². The van der Waals surface area contributed by atoms with Crippen molar-refractivity contribution in [2.45, 2.75) is 0 Å². The lowest BCUT2D eigenvalue weighted by Crippen LogP contribution is -1.92. The van der Waals surface area contributed by atoms with Gasteiger partial charge in [-0.25, -0.2) is 0 Å². The van der Waals surface area contributed by atoms with Crippen LogP contribution < -0.4 is 0 Å². The minimum Gasteiger partial charge on any atom is -0.289 e. The van der Waals surface area contributed by atoms with Gasteiger partial charge in [-0.2, -0.15) is 0 Å². The van der Waals surface area contributed by atoms with Crippen molar-refractivity contribution < 1.29 is 4.79 Å². The molecule has 2 aromatic carbocycles. The molecule has 0 N–H and O–H groups in total. The van der Waals surface area contributed by atoms with E-state index in [4.69, 9.17) is 11.6 Å². The maximum Gasteiger partial charge on any atom is 0.185 e. The number of hydrogen-bond acceptors (Lipinski definition) is 1. The molecule has 0 atom stereocenters. The Morgan fingerprint density at radius 2 is 1.59 bits per heavy atom. The fourth-order valence-corrected chi connectivity index (χ4v) is 1.67. The SMILES string of the molecule is O=C(/C=C/c1ccccc1Cl)c1ccccc1. The highest BCUT2D eigenvalue weighted by atomic mass is 35.5. The Morgan fingerprint density at radius 1 is 0.941 bits per heavy atom. The molecule has 0 bridgehead atoms. The van der Waals surface area contributed by atoms with Gasteiger partial charge in [-0.05, 0) is 23.8 Å². The molecule has 0 aliphatic heterocycles. The van der Waals surface area contributed by atoms with E-state index in [0.29, 0.717) is 10.6 Å². The lowest BCUT2D eigenvalue weighted by molar-refractivity contribution is 0.104. The van der Waals surface area contributed by atoms with E-state index in [1.165, 1.54) is 6.08 Å². The van der Waals surface area contributed by atoms with Crippen LogP contribution in [0.25, 0.3) is 6.08 Å². The Bertz CT molecular complexity index is 544. The molecule has 0 aromatic heterocycles. The van der Waals surface area contributed by atoms with Crippen LogP contribution in [0.5, 0.6) is 0 Å². The molecule has 0 heterocycles. The summed E-state index contributed by atoms with van der Waals surface area (Å²) in [6, 6.07) is 16.6. The Balaban J connectivity index is 2.17. The van der Waals surface area contributed by atoms with Crippen molar-refractivity contribution in [2.75, 3.05) is 0 Å². The minimum absolute atomic E-state index is 0.0227. The topological polar surface area (TPSA) is 17.1 Å². The molecular weight excluding hydrogens is 232 g/mol. The van der Waals surface area contributed by atoms with Gasteiger partial charge in [-0.15, -0.1) is 0 Å². The Kier molecular flexibility index (Phi) is 3.73. The molecule has 0 saturated carbocycles. The van der Waals surface area contributed by atoms with Gasteiger partial charge in [0, 0.05) is 10.6 Å². The highest BCUT2D eigenvalue weighted by Gasteiger charge is 2.00. The molecule has 2 rings (SSSR count). The Labute approximate surface area is 105 Å². The van der Waals surface area contributed by atoms with E-state index in [1.54, 1.807) is 24.3 Å². The van der Waals surface area contributed by atoms with Crippen molar-refractivity contribution in [3.8, 4) is 0 Å². The Morgan fingerprint density at radius 3 is 2.29 bits per heavy atom. The van der Waals surface area contributed by atoms with Crippen molar-refractivity contribution in [3.63, 3.8) is 0 Å². The summed E-state index contributed by atoms with van der Waals surface area (Å²) < 4.78 is 0. The zero-order valence-electron chi connectivity index (χ0n) is 9.14. The molecule has 17 heavy (non-hydrogen) atoms. The standard InChI is InChI=1S/C15H11ClO/c16-14-9-5-4-6-12(14)10-11-15(17)13-7-2-1-3-8-13/h1-11H/b11-10+. The molecule has 0 radical (unpaired) electrons. The van der Waals surface area contributed by atoms with Crippen LogP contribution in [-0.4, -0.2) is 5.78 Å². The van der Waals surface area contributed by atoms with Crippen LogP contribution in [0.4, 0.5) is 0 Å². The van der Waals surface area contributed by atoms with Gasteiger partial charge in [0.2, 0.25) is 0 Å². The lowest BCUT2D eigenvalue weighted by Gasteiger charge is -1.97. The first kappa shape index (κ1) is 11.6. The summed E-state index contributed by atoms with van der Waals surface area (Å²) in [5.41, 5.74) is 1.52. The number of halogens is 1. The van der Waals surface area contributed by atoms with Crippen LogP contribution in [0.3, 0.4) is 0 Å². The van der Waals surface area contributed by atoms with Crippen LogP contribution >= 0.6 is 11.6 Å². The summed E-state index contributed by atoms with van der Waals surface area (Å²) in [6.07, 6.45) is 3.27. The summed E-state index contributed by atoms with van der Waals surface area (Å²) >= 11 is 5.99. The second kappa shape index (κ2) is 5.46. The number of carbonyl (C=O) groups is 1. The fraction of sp³-hybridized carbons (Fsp3) is 0. The Hall–Kier alpha value is -1.86. The van der Waals surface area contributed by atoms with Crippen molar-refractivity contribution in [1.82, 2.24) is 0 Å². The van der Waals surface area contributed by atoms with Crippen LogP contribution in [0.2, 0.25) is 5.02 Å². The van der Waals surface area contributed by atoms with Gasteiger partial charge in [0.25, 0.3) is 0 Å². The summed E-state index contributed by atoms with van der Waals surface area (Å²) in [6.45, 7) is 0. The largest absolute Gasteiger partial charge is 0.289 e. The second-order valence-electron chi connectivity index (χ2n) is 3.59. The smallest absolute Gasteiger partial charge is 0.185 e. The molecule has 2 heteroatoms. The third kappa shape index (κ3) is 3.05. The van der Waals surface area contributed by atoms with Gasteiger partial charge in [-0.3, -0.25) is 4.79 Å². The van der Waals surface area contributed by atoms with E-state index in [-0.39, 0.29) is 5.78 Å². The van der Waals surface area contributed by atoms with E-state index in [2.05, 4.69) is 0 Å². The highest BCUT2D eigenvalue weighted by Crippen LogP contribution is 2.16. The van der Waals surface area contributed by atoms with Crippen LogP contribution in [-0.2, 0) is 0 Å². The maximum absolute atomic E-state index is 11.8. The third-order valence-electron chi connectivity index (χ3n) is 2.38. The molecule has 0 aliphatic carbocycles. The van der Waals surface area contributed by atoms with Crippen LogP contribution in [0, 0.1) is 0 Å². The predicted octanol–water partition coefficient (Wildman–Crippen LogP) is 4.24. The number of carbonyl (C=O) groups excluding carboxylic acids is 1. The van der Waals surface area contributed by atoms with E-state index in [9.17, 15) is 4.79 Å². The molecule has 0 unspecified atom stereocenters. The van der Waals surface area contributed by atoms with Gasteiger partial charge in [0.05, 0.1) is 0 Å². The molecule has 2 aromatic rings. The van der Waals surface area contributed by atoms with Crippen molar-refractivity contribution in [3.05, 3.63) is 76.8 Å². The van der Waals surface area contributed by atoms with Gasteiger partial charge in [0.15, 0.2) is 5.78 Å². The highest BCUT2D eigenvalue weighted by molar-refractivity contribution is 6.32. The summed E-state index contributed by atoms with van der Waals surface area (Å²) in [5.74, 6) is -0.0227. The lowest BCUT2D eigenvalue weighted by atomic mass is 10.1. The van der Waals surface area contributed by atoms with Crippen molar-refractivity contribution in [2.24, 2.45) is 0 Å². The number of allylic oxidation sites excluding steroid dienone is 1. The molecule has 0 spiro atoms. The molecular formula is C15H11ClO. The normalized spacial score (nSPS) is 10.6. The van der Waals surface area contributed by atoms with Crippen molar-refractivity contribution >= 4 is 23.5 Å². The van der Waals surface area contributed by atoms with E-state index < -0.39 is 0 Å².